The van der Waals surface area contributed by atoms with Crippen LogP contribution < -0.4 is 5.32 Å². The van der Waals surface area contributed by atoms with Gasteiger partial charge in [-0.25, -0.2) is 0 Å². The lowest BCUT2D eigenvalue weighted by molar-refractivity contribution is 0.234. The minimum atomic E-state index is 0.269. The van der Waals surface area contributed by atoms with Crippen LogP contribution in [0.25, 0.3) is 0 Å². The average Bonchev–Trinajstić information content (AvgIpc) is 2.82. The highest BCUT2D eigenvalue weighted by Crippen LogP contribution is 2.35. The summed E-state index contributed by atoms with van der Waals surface area (Å²) in [6.45, 7) is 12.8. The molecule has 1 aliphatic carbocycles. The summed E-state index contributed by atoms with van der Waals surface area (Å²) >= 11 is 0. The number of hydrogen-bond donors (Lipinski definition) is 1. The Balaban J connectivity index is 2.51. The molecule has 1 nitrogen and oxygen atoms in total. The summed E-state index contributed by atoms with van der Waals surface area (Å²) in [6.07, 6.45) is 10.1. The van der Waals surface area contributed by atoms with Crippen molar-refractivity contribution in [1.82, 2.24) is 5.32 Å². The van der Waals surface area contributed by atoms with E-state index in [9.17, 15) is 0 Å². The smallest absolute Gasteiger partial charge is 0.00966 e. The van der Waals surface area contributed by atoms with Crippen molar-refractivity contribution < 1.29 is 0 Å². The molecular formula is C17H35N. The topological polar surface area (TPSA) is 12.0 Å². The molecule has 1 aliphatic rings. The Hall–Kier alpha value is -0.0400. The lowest BCUT2D eigenvalue weighted by Gasteiger charge is -2.31. The van der Waals surface area contributed by atoms with E-state index in [1.807, 2.05) is 0 Å². The fourth-order valence-corrected chi connectivity index (χ4v) is 3.36. The lowest BCUT2D eigenvalue weighted by atomic mass is 9.81. The van der Waals surface area contributed by atoms with Gasteiger partial charge < -0.3 is 5.32 Å². The van der Waals surface area contributed by atoms with Crippen molar-refractivity contribution >= 4 is 0 Å². The molecule has 0 radical (unpaired) electrons. The first-order valence-electron chi connectivity index (χ1n) is 8.21. The lowest BCUT2D eigenvalue weighted by Crippen LogP contribution is -2.41. The first kappa shape index (κ1) is 16.0. The second-order valence-electron chi connectivity index (χ2n) is 7.35. The molecule has 0 bridgehead atoms. The molecule has 0 spiro atoms. The third kappa shape index (κ3) is 5.73. The van der Waals surface area contributed by atoms with Gasteiger partial charge in [0, 0.05) is 5.54 Å². The van der Waals surface area contributed by atoms with Crippen LogP contribution in [0.4, 0.5) is 0 Å². The average molecular weight is 253 g/mol. The third-order valence-corrected chi connectivity index (χ3v) is 4.75. The quantitative estimate of drug-likeness (QED) is 0.672. The highest BCUT2D eigenvalue weighted by Gasteiger charge is 2.27. The summed E-state index contributed by atoms with van der Waals surface area (Å²) in [5.74, 6) is 2.86. The Bertz CT molecular complexity index is 206. The van der Waals surface area contributed by atoms with Crippen molar-refractivity contribution in [3.8, 4) is 0 Å². The largest absolute Gasteiger partial charge is 0.312 e. The van der Waals surface area contributed by atoms with E-state index in [1.54, 1.807) is 0 Å². The van der Waals surface area contributed by atoms with Crippen LogP contribution in [0.3, 0.4) is 0 Å². The van der Waals surface area contributed by atoms with E-state index >= 15 is 0 Å². The molecule has 0 amide bonds. The number of rotatable bonds is 7. The predicted molar refractivity (Wildman–Crippen MR) is 81.9 cm³/mol. The van der Waals surface area contributed by atoms with Gasteiger partial charge in [-0.15, -0.1) is 0 Å². The van der Waals surface area contributed by atoms with E-state index in [1.165, 1.54) is 51.5 Å². The summed E-state index contributed by atoms with van der Waals surface area (Å²) < 4.78 is 0. The van der Waals surface area contributed by atoms with Crippen LogP contribution >= 0.6 is 0 Å². The van der Waals surface area contributed by atoms with Crippen LogP contribution in [0.1, 0.15) is 79.6 Å². The van der Waals surface area contributed by atoms with E-state index in [-0.39, 0.29) is 5.54 Å². The number of nitrogens with one attached hydrogen (secondary N) is 1. The first-order valence-corrected chi connectivity index (χ1v) is 8.21. The molecule has 18 heavy (non-hydrogen) atoms. The summed E-state index contributed by atoms with van der Waals surface area (Å²) in [5, 5.41) is 3.75. The molecule has 0 aromatic rings. The van der Waals surface area contributed by atoms with Crippen molar-refractivity contribution in [2.24, 2.45) is 17.8 Å². The highest BCUT2D eigenvalue weighted by molar-refractivity contribution is 4.81. The second kappa shape index (κ2) is 7.53. The van der Waals surface area contributed by atoms with Gasteiger partial charge in [0.1, 0.15) is 0 Å². The van der Waals surface area contributed by atoms with Crippen molar-refractivity contribution in [2.45, 2.75) is 85.1 Å². The minimum absolute atomic E-state index is 0.269. The molecule has 1 rings (SSSR count). The molecule has 0 heterocycles. The number of hydrogen-bond acceptors (Lipinski definition) is 1. The first-order chi connectivity index (χ1) is 8.46. The van der Waals surface area contributed by atoms with E-state index < -0.39 is 0 Å². The van der Waals surface area contributed by atoms with Crippen LogP contribution in [0, 0.1) is 17.8 Å². The zero-order valence-corrected chi connectivity index (χ0v) is 13.4. The molecular weight excluding hydrogens is 218 g/mol. The molecule has 0 aromatic heterocycles. The maximum Gasteiger partial charge on any atom is 0.00966 e. The highest BCUT2D eigenvalue weighted by atomic mass is 14.9. The molecule has 0 aliphatic heterocycles. The normalized spacial score (nSPS) is 19.7. The van der Waals surface area contributed by atoms with E-state index in [0.29, 0.717) is 0 Å². The Morgan fingerprint density at radius 1 is 1.06 bits per heavy atom. The molecule has 1 N–H and O–H groups in total. The fraction of sp³-hybridized carbons (Fsp3) is 1.00. The summed E-state index contributed by atoms with van der Waals surface area (Å²) in [6, 6.07) is 0. The summed E-state index contributed by atoms with van der Waals surface area (Å²) in [7, 11) is 0. The Labute approximate surface area is 115 Å². The molecule has 1 saturated carbocycles. The second-order valence-corrected chi connectivity index (χ2v) is 7.35. The Morgan fingerprint density at radius 3 is 2.06 bits per heavy atom. The van der Waals surface area contributed by atoms with Gasteiger partial charge in [-0.2, -0.15) is 0 Å². The predicted octanol–water partition coefficient (Wildman–Crippen LogP) is 5.01. The minimum Gasteiger partial charge on any atom is -0.312 e. The van der Waals surface area contributed by atoms with Gasteiger partial charge in [-0.3, -0.25) is 0 Å². The summed E-state index contributed by atoms with van der Waals surface area (Å²) in [4.78, 5) is 0. The van der Waals surface area contributed by atoms with Crippen molar-refractivity contribution in [1.29, 1.82) is 0 Å². The fourth-order valence-electron chi connectivity index (χ4n) is 3.36. The van der Waals surface area contributed by atoms with Gasteiger partial charge in [-0.1, -0.05) is 52.4 Å². The van der Waals surface area contributed by atoms with Gasteiger partial charge in [0.15, 0.2) is 0 Å². The molecule has 0 saturated heterocycles. The molecule has 1 fully saturated rings. The Kier molecular flexibility index (Phi) is 6.70. The van der Waals surface area contributed by atoms with Crippen molar-refractivity contribution in [3.63, 3.8) is 0 Å². The monoisotopic (exact) mass is 253 g/mol. The van der Waals surface area contributed by atoms with E-state index in [2.05, 4.69) is 39.9 Å². The van der Waals surface area contributed by atoms with Gasteiger partial charge >= 0.3 is 0 Å². The van der Waals surface area contributed by atoms with E-state index in [0.717, 1.165) is 17.8 Å². The third-order valence-electron chi connectivity index (χ3n) is 4.75. The van der Waals surface area contributed by atoms with Gasteiger partial charge in [-0.05, 0) is 51.5 Å². The zero-order valence-electron chi connectivity index (χ0n) is 13.4. The van der Waals surface area contributed by atoms with Crippen LogP contribution in [0.2, 0.25) is 0 Å². The van der Waals surface area contributed by atoms with Crippen LogP contribution in [0.15, 0.2) is 0 Å². The maximum atomic E-state index is 3.75. The molecule has 0 aromatic carbocycles. The van der Waals surface area contributed by atoms with Crippen molar-refractivity contribution in [3.05, 3.63) is 0 Å². The zero-order chi connectivity index (χ0) is 13.6. The van der Waals surface area contributed by atoms with Crippen LogP contribution in [-0.2, 0) is 0 Å². The molecule has 108 valence electrons. The van der Waals surface area contributed by atoms with E-state index in [4.69, 9.17) is 0 Å². The standard InChI is InChI=1S/C17H35N/c1-6-14(7-2)12-16(13-18-17(3,4)5)15-10-8-9-11-15/h14-16,18H,6-13H2,1-5H3. The molecule has 1 unspecified atom stereocenters. The molecule has 1 atom stereocenters. The van der Waals surface area contributed by atoms with Crippen LogP contribution in [0.5, 0.6) is 0 Å². The van der Waals surface area contributed by atoms with Gasteiger partial charge in [0.2, 0.25) is 0 Å². The summed E-state index contributed by atoms with van der Waals surface area (Å²) in [5.41, 5.74) is 0.269. The van der Waals surface area contributed by atoms with Gasteiger partial charge in [0.25, 0.3) is 0 Å². The van der Waals surface area contributed by atoms with Gasteiger partial charge in [0.05, 0.1) is 0 Å². The van der Waals surface area contributed by atoms with Crippen molar-refractivity contribution in [2.75, 3.05) is 6.54 Å². The van der Waals surface area contributed by atoms with Crippen LogP contribution in [-0.4, -0.2) is 12.1 Å². The Morgan fingerprint density at radius 2 is 1.61 bits per heavy atom. The molecule has 1 heteroatoms. The SMILES string of the molecule is CCC(CC)CC(CNC(C)(C)C)C1CCCC1. The maximum absolute atomic E-state index is 3.75.